The molecule has 2 aromatic carbocycles. The van der Waals surface area contributed by atoms with Gasteiger partial charge in [0.25, 0.3) is 0 Å². The Hall–Kier alpha value is -3.03. The molecule has 0 bridgehead atoms. The number of aliphatic carboxylic acids is 1. The number of hydrogen-bond acceptors (Lipinski definition) is 4. The quantitative estimate of drug-likeness (QED) is 0.421. The molecule has 1 aliphatic carbocycles. The molecule has 1 aliphatic rings. The Labute approximate surface area is 205 Å². The second kappa shape index (κ2) is 11.6. The lowest BCUT2D eigenvalue weighted by Crippen LogP contribution is -2.23. The molecule has 0 unspecified atom stereocenters. The molecule has 0 atom stereocenters. The maximum atomic E-state index is 15.3. The predicted molar refractivity (Wildman–Crippen MR) is 132 cm³/mol. The first kappa shape index (κ1) is 25.1. The summed E-state index contributed by atoms with van der Waals surface area (Å²) >= 11 is 0. The van der Waals surface area contributed by atoms with Crippen LogP contribution < -0.4 is 0 Å². The van der Waals surface area contributed by atoms with E-state index in [4.69, 9.17) is 14.9 Å². The van der Waals surface area contributed by atoms with Crippen LogP contribution in [0.2, 0.25) is 0 Å². The molecule has 2 N–H and O–H groups in total. The van der Waals surface area contributed by atoms with E-state index in [1.807, 2.05) is 54.1 Å². The highest BCUT2D eigenvalue weighted by Crippen LogP contribution is 2.39. The molecular weight excluding hydrogens is 447 g/mol. The number of carboxylic acids is 1. The van der Waals surface area contributed by atoms with Gasteiger partial charge in [0.05, 0.1) is 18.0 Å². The molecule has 0 radical (unpaired) electrons. The van der Waals surface area contributed by atoms with Gasteiger partial charge < -0.3 is 14.9 Å². The van der Waals surface area contributed by atoms with Crippen LogP contribution in [0.1, 0.15) is 36.9 Å². The number of aliphatic hydroxyl groups excluding tert-OH is 1. The number of carboxylic acid groups (broad SMARTS) is 1. The number of ether oxygens (including phenoxy) is 1. The lowest BCUT2D eigenvalue weighted by molar-refractivity contribution is -0.142. The third-order valence-corrected chi connectivity index (χ3v) is 6.79. The molecule has 4 rings (SSSR count). The van der Waals surface area contributed by atoms with Crippen LogP contribution in [0.15, 0.2) is 48.5 Å². The Morgan fingerprint density at radius 3 is 2.49 bits per heavy atom. The summed E-state index contributed by atoms with van der Waals surface area (Å²) in [5.74, 6) is -0.482. The monoisotopic (exact) mass is 480 g/mol. The summed E-state index contributed by atoms with van der Waals surface area (Å²) in [6.07, 6.45) is 4.29. The van der Waals surface area contributed by atoms with Gasteiger partial charge in [-0.25, -0.2) is 9.18 Å². The summed E-state index contributed by atoms with van der Waals surface area (Å²) in [7, 11) is 0. The summed E-state index contributed by atoms with van der Waals surface area (Å²) in [5, 5.41) is 23.4. The van der Waals surface area contributed by atoms with E-state index in [9.17, 15) is 9.90 Å². The number of nitrogens with zero attached hydrogens (tertiary/aromatic N) is 2. The number of carbonyl (C=O) groups is 1. The highest BCUT2D eigenvalue weighted by molar-refractivity contribution is 5.83. The van der Waals surface area contributed by atoms with E-state index in [1.165, 1.54) is 0 Å². The number of aliphatic hydroxyl groups is 1. The fourth-order valence-corrected chi connectivity index (χ4v) is 5.06. The molecule has 7 heteroatoms. The predicted octanol–water partition coefficient (Wildman–Crippen LogP) is 5.11. The largest absolute Gasteiger partial charge is 0.480 e. The minimum atomic E-state index is -0.943. The normalized spacial score (nSPS) is 18.0. The van der Waals surface area contributed by atoms with E-state index in [0.717, 1.165) is 53.8 Å². The van der Waals surface area contributed by atoms with Gasteiger partial charge in [-0.3, -0.25) is 4.68 Å². The first-order valence-electron chi connectivity index (χ1n) is 12.3. The van der Waals surface area contributed by atoms with E-state index in [1.54, 1.807) is 6.07 Å². The number of aromatic nitrogens is 2. The molecule has 35 heavy (non-hydrogen) atoms. The van der Waals surface area contributed by atoms with Crippen molar-refractivity contribution in [1.82, 2.24) is 9.78 Å². The molecule has 1 saturated carbocycles. The molecule has 1 heterocycles. The van der Waals surface area contributed by atoms with Gasteiger partial charge in [-0.05, 0) is 67.7 Å². The fraction of sp³-hybridized carbons (Fsp3) is 0.429. The number of halogens is 1. The summed E-state index contributed by atoms with van der Waals surface area (Å²) in [6, 6.07) is 15.2. The van der Waals surface area contributed by atoms with Crippen LogP contribution in [0.4, 0.5) is 4.39 Å². The van der Waals surface area contributed by atoms with Crippen LogP contribution in [-0.4, -0.2) is 45.8 Å². The van der Waals surface area contributed by atoms with Crippen molar-refractivity contribution < 1.29 is 24.1 Å². The van der Waals surface area contributed by atoms with Crippen LogP contribution in [0.25, 0.3) is 22.4 Å². The zero-order valence-corrected chi connectivity index (χ0v) is 20.1. The van der Waals surface area contributed by atoms with Gasteiger partial charge in [-0.2, -0.15) is 5.10 Å². The average molecular weight is 481 g/mol. The Morgan fingerprint density at radius 2 is 1.83 bits per heavy atom. The van der Waals surface area contributed by atoms with Crippen LogP contribution in [0.3, 0.4) is 0 Å². The van der Waals surface area contributed by atoms with Gasteiger partial charge in [0.1, 0.15) is 12.4 Å². The van der Waals surface area contributed by atoms with Gasteiger partial charge in [0.2, 0.25) is 0 Å². The fourth-order valence-electron chi connectivity index (χ4n) is 5.06. The second-order valence-electron chi connectivity index (χ2n) is 9.47. The molecule has 6 nitrogen and oxygen atoms in total. The molecule has 1 fully saturated rings. The van der Waals surface area contributed by atoms with Crippen LogP contribution in [0.5, 0.6) is 0 Å². The number of aryl methyl sites for hydroxylation is 1. The molecule has 186 valence electrons. The Balaban J connectivity index is 1.64. The minimum Gasteiger partial charge on any atom is -0.480 e. The van der Waals surface area contributed by atoms with Crippen LogP contribution in [-0.2, 0) is 22.5 Å². The van der Waals surface area contributed by atoms with E-state index in [-0.39, 0.29) is 19.0 Å². The summed E-state index contributed by atoms with van der Waals surface area (Å²) in [4.78, 5) is 10.7. The first-order chi connectivity index (χ1) is 17.0. The van der Waals surface area contributed by atoms with Crippen molar-refractivity contribution in [2.45, 2.75) is 45.6 Å². The molecule has 0 amide bonds. The SMILES string of the molecule is Cc1ccc(-c2c(-c3ccccc3)c(CCO)nn2C[C@H]2CC[C@@H](COCC(=O)O)CC2)c(F)c1. The zero-order chi connectivity index (χ0) is 24.8. The van der Waals surface area contributed by atoms with Crippen molar-refractivity contribution in [3.8, 4) is 22.4 Å². The summed E-state index contributed by atoms with van der Waals surface area (Å²) in [5.41, 5.74) is 4.72. The lowest BCUT2D eigenvalue weighted by Gasteiger charge is -2.28. The molecule has 1 aromatic heterocycles. The molecule has 3 aromatic rings. The molecule has 0 spiro atoms. The minimum absolute atomic E-state index is 0.0336. The van der Waals surface area contributed by atoms with Crippen LogP contribution in [0, 0.1) is 24.6 Å². The van der Waals surface area contributed by atoms with Crippen molar-refractivity contribution in [3.05, 3.63) is 65.6 Å². The van der Waals surface area contributed by atoms with E-state index in [0.29, 0.717) is 37.0 Å². The highest BCUT2D eigenvalue weighted by Gasteiger charge is 2.27. The topological polar surface area (TPSA) is 84.6 Å². The van der Waals surface area contributed by atoms with Gasteiger partial charge in [0.15, 0.2) is 0 Å². The second-order valence-corrected chi connectivity index (χ2v) is 9.47. The Bertz CT molecular complexity index is 1140. The van der Waals surface area contributed by atoms with Gasteiger partial charge in [0, 0.05) is 30.7 Å². The average Bonchev–Trinajstić information content (AvgIpc) is 3.18. The van der Waals surface area contributed by atoms with Crippen LogP contribution >= 0.6 is 0 Å². The van der Waals surface area contributed by atoms with E-state index in [2.05, 4.69) is 0 Å². The van der Waals surface area contributed by atoms with Crippen molar-refractivity contribution in [3.63, 3.8) is 0 Å². The van der Waals surface area contributed by atoms with Gasteiger partial charge >= 0.3 is 5.97 Å². The number of hydrogen-bond donors (Lipinski definition) is 2. The number of rotatable bonds is 10. The molecular formula is C28H33FN2O4. The third-order valence-electron chi connectivity index (χ3n) is 6.79. The van der Waals surface area contributed by atoms with E-state index < -0.39 is 5.97 Å². The van der Waals surface area contributed by atoms with Crippen molar-refractivity contribution >= 4 is 5.97 Å². The third kappa shape index (κ3) is 6.16. The molecule has 0 aliphatic heterocycles. The zero-order valence-electron chi connectivity index (χ0n) is 20.1. The van der Waals surface area contributed by atoms with E-state index >= 15 is 4.39 Å². The van der Waals surface area contributed by atoms with Crippen molar-refractivity contribution in [2.24, 2.45) is 11.8 Å². The number of benzene rings is 2. The van der Waals surface area contributed by atoms with Crippen molar-refractivity contribution in [1.29, 1.82) is 0 Å². The van der Waals surface area contributed by atoms with Gasteiger partial charge in [-0.15, -0.1) is 0 Å². The lowest BCUT2D eigenvalue weighted by atomic mass is 9.82. The summed E-state index contributed by atoms with van der Waals surface area (Å²) < 4.78 is 22.5. The van der Waals surface area contributed by atoms with Crippen molar-refractivity contribution in [2.75, 3.05) is 19.8 Å². The Kier molecular flexibility index (Phi) is 8.31. The standard InChI is InChI=1S/C28H33FN2O4/c1-19-7-12-23(24(29)15-19)28-27(22-5-3-2-4-6-22)25(13-14-32)30-31(28)16-20-8-10-21(11-9-20)17-35-18-26(33)34/h2-7,12,15,20-21,32H,8-11,13-14,16-18H2,1H3,(H,33,34)/t20-,21+. The summed E-state index contributed by atoms with van der Waals surface area (Å²) in [6.45, 7) is 2.72. The van der Waals surface area contributed by atoms with Gasteiger partial charge in [-0.1, -0.05) is 36.4 Å². The smallest absolute Gasteiger partial charge is 0.329 e. The molecule has 0 saturated heterocycles. The highest BCUT2D eigenvalue weighted by atomic mass is 19.1. The Morgan fingerprint density at radius 1 is 1.11 bits per heavy atom. The maximum absolute atomic E-state index is 15.3. The first-order valence-corrected chi connectivity index (χ1v) is 12.3. The maximum Gasteiger partial charge on any atom is 0.329 e.